The summed E-state index contributed by atoms with van der Waals surface area (Å²) >= 11 is 0. The lowest BCUT2D eigenvalue weighted by Gasteiger charge is -2.17. The number of nitrogens with one attached hydrogen (secondary N) is 1. The van der Waals surface area contributed by atoms with E-state index in [-0.39, 0.29) is 13.2 Å². The van der Waals surface area contributed by atoms with Crippen molar-refractivity contribution in [3.63, 3.8) is 0 Å². The molecule has 0 aliphatic heterocycles. The summed E-state index contributed by atoms with van der Waals surface area (Å²) in [6, 6.07) is 1.04. The number of ether oxygens (including phenoxy) is 2. The van der Waals surface area contributed by atoms with Crippen LogP contribution >= 0.6 is 0 Å². The quantitative estimate of drug-likeness (QED) is 0.283. The molecule has 0 saturated carbocycles. The molecule has 0 fully saturated rings. The third-order valence-electron chi connectivity index (χ3n) is 2.10. The Morgan fingerprint density at radius 1 is 1.25 bits per heavy atom. The summed E-state index contributed by atoms with van der Waals surface area (Å²) in [5.74, 6) is -0.527. The van der Waals surface area contributed by atoms with Crippen LogP contribution < -0.4 is 5.32 Å². The van der Waals surface area contributed by atoms with Gasteiger partial charge in [-0.2, -0.15) is 0 Å². The van der Waals surface area contributed by atoms with Crippen molar-refractivity contribution in [2.75, 3.05) is 19.8 Å². The molecule has 0 atom stereocenters. The van der Waals surface area contributed by atoms with Crippen LogP contribution in [0.4, 0.5) is 4.79 Å². The van der Waals surface area contributed by atoms with Crippen molar-refractivity contribution in [3.05, 3.63) is 12.7 Å². The summed E-state index contributed by atoms with van der Waals surface area (Å²) in [7, 11) is -1.84. The van der Waals surface area contributed by atoms with Crippen LogP contribution in [-0.2, 0) is 18.4 Å². The molecule has 0 aliphatic carbocycles. The summed E-state index contributed by atoms with van der Waals surface area (Å²) in [4.78, 5) is 21.9. The molecule has 1 amide bonds. The maximum absolute atomic E-state index is 11.2. The molecule has 0 rings (SSSR count). The molecule has 0 bridgehead atoms. The second-order valence-electron chi connectivity index (χ2n) is 5.10. The average molecular weight is 320 g/mol. The predicted octanol–water partition coefficient (Wildman–Crippen LogP) is 1.19. The standard InChI is InChI=1S/C12H25NO5Si2/c1-5-11(14)16-8-9-17-12(15)13-7-6-10-19-18-20(2,3)4/h5H,1,6-10,19H2,2-4H3,(H,13,15). The molecule has 0 aliphatic rings. The van der Waals surface area contributed by atoms with Gasteiger partial charge in [-0.3, -0.25) is 0 Å². The van der Waals surface area contributed by atoms with E-state index >= 15 is 0 Å². The molecule has 0 unspecified atom stereocenters. The van der Waals surface area contributed by atoms with Gasteiger partial charge in [-0.15, -0.1) is 0 Å². The third kappa shape index (κ3) is 13.3. The van der Waals surface area contributed by atoms with Gasteiger partial charge in [0.25, 0.3) is 0 Å². The van der Waals surface area contributed by atoms with Crippen LogP contribution in [0.5, 0.6) is 0 Å². The molecule has 20 heavy (non-hydrogen) atoms. The molecule has 0 heterocycles. The lowest BCUT2D eigenvalue weighted by atomic mass is 10.5. The summed E-state index contributed by atoms with van der Waals surface area (Å²) in [6.45, 7) is 10.4. The molecular formula is C12H25NO5Si2. The molecular weight excluding hydrogens is 294 g/mol. The predicted molar refractivity (Wildman–Crippen MR) is 82.9 cm³/mol. The number of carbonyl (C=O) groups is 2. The number of hydrogen-bond acceptors (Lipinski definition) is 5. The molecule has 0 spiro atoms. The van der Waals surface area contributed by atoms with E-state index in [1.54, 1.807) is 0 Å². The first-order valence-corrected chi connectivity index (χ1v) is 11.7. The van der Waals surface area contributed by atoms with Crippen molar-refractivity contribution in [3.8, 4) is 0 Å². The first kappa shape index (κ1) is 18.9. The highest BCUT2D eigenvalue weighted by Crippen LogP contribution is 2.02. The smallest absolute Gasteiger partial charge is 0.407 e. The number of esters is 1. The van der Waals surface area contributed by atoms with Crippen LogP contribution in [0.3, 0.4) is 0 Å². The third-order valence-corrected chi connectivity index (χ3v) is 7.17. The Kier molecular flexibility index (Phi) is 10.0. The number of rotatable bonds is 10. The molecule has 1 N–H and O–H groups in total. The normalized spacial score (nSPS) is 11.3. The van der Waals surface area contributed by atoms with Gasteiger partial charge in [0, 0.05) is 12.6 Å². The van der Waals surface area contributed by atoms with E-state index in [2.05, 4.69) is 36.3 Å². The van der Waals surface area contributed by atoms with E-state index in [0.717, 1.165) is 18.5 Å². The van der Waals surface area contributed by atoms with Gasteiger partial charge in [-0.25, -0.2) is 9.59 Å². The number of alkyl carbamates (subject to hydrolysis) is 1. The average Bonchev–Trinajstić information content (AvgIpc) is 2.37. The Hall–Kier alpha value is -1.13. The van der Waals surface area contributed by atoms with Crippen LogP contribution in [0.15, 0.2) is 12.7 Å². The maximum Gasteiger partial charge on any atom is 0.407 e. The Balaban J connectivity index is 3.37. The number of hydrogen-bond donors (Lipinski definition) is 1. The molecule has 0 aromatic carbocycles. The van der Waals surface area contributed by atoms with Crippen molar-refractivity contribution in [2.24, 2.45) is 0 Å². The highest BCUT2D eigenvalue weighted by Gasteiger charge is 2.12. The van der Waals surface area contributed by atoms with Gasteiger partial charge in [0.05, 0.1) is 0 Å². The van der Waals surface area contributed by atoms with E-state index < -0.39 is 30.1 Å². The zero-order valence-corrected chi connectivity index (χ0v) is 15.0. The first-order valence-electron chi connectivity index (χ1n) is 6.69. The molecule has 6 nitrogen and oxygen atoms in total. The lowest BCUT2D eigenvalue weighted by molar-refractivity contribution is -0.138. The SMILES string of the molecule is C=CC(=O)OCCOC(=O)NCCC[SiH2]O[Si](C)(C)C. The van der Waals surface area contributed by atoms with E-state index in [1.807, 2.05) is 0 Å². The minimum atomic E-state index is -1.37. The van der Waals surface area contributed by atoms with Crippen molar-refractivity contribution < 1.29 is 23.2 Å². The fourth-order valence-corrected chi connectivity index (χ4v) is 4.66. The van der Waals surface area contributed by atoms with E-state index in [4.69, 9.17) is 8.85 Å². The molecule has 0 radical (unpaired) electrons. The van der Waals surface area contributed by atoms with Crippen LogP contribution in [0.25, 0.3) is 0 Å². The summed E-state index contributed by atoms with van der Waals surface area (Å²) in [5, 5.41) is 2.64. The fourth-order valence-electron chi connectivity index (χ4n) is 1.18. The van der Waals surface area contributed by atoms with Gasteiger partial charge in [0.15, 0.2) is 8.32 Å². The molecule has 0 aromatic heterocycles. The zero-order chi connectivity index (χ0) is 15.4. The zero-order valence-electron chi connectivity index (χ0n) is 12.6. The van der Waals surface area contributed by atoms with E-state index in [1.165, 1.54) is 0 Å². The summed E-state index contributed by atoms with van der Waals surface area (Å²) in [5.41, 5.74) is 0. The molecule has 116 valence electrons. The number of carbonyl (C=O) groups excluding carboxylic acids is 2. The van der Waals surface area contributed by atoms with Crippen LogP contribution in [0, 0.1) is 0 Å². The summed E-state index contributed by atoms with van der Waals surface area (Å²) in [6.07, 6.45) is 1.47. The monoisotopic (exact) mass is 319 g/mol. The Morgan fingerprint density at radius 2 is 1.90 bits per heavy atom. The maximum atomic E-state index is 11.2. The Morgan fingerprint density at radius 3 is 2.50 bits per heavy atom. The van der Waals surface area contributed by atoms with Crippen LogP contribution in [0.1, 0.15) is 6.42 Å². The van der Waals surface area contributed by atoms with Crippen LogP contribution in [-0.4, -0.2) is 49.9 Å². The van der Waals surface area contributed by atoms with Crippen LogP contribution in [0.2, 0.25) is 25.7 Å². The van der Waals surface area contributed by atoms with E-state index in [9.17, 15) is 9.59 Å². The second-order valence-corrected chi connectivity index (χ2v) is 11.6. The van der Waals surface area contributed by atoms with Gasteiger partial charge < -0.3 is 18.9 Å². The second kappa shape index (κ2) is 10.6. The Bertz CT molecular complexity index is 317. The highest BCUT2D eigenvalue weighted by molar-refractivity contribution is 6.73. The van der Waals surface area contributed by atoms with Gasteiger partial charge in [-0.1, -0.05) is 6.58 Å². The van der Waals surface area contributed by atoms with Crippen molar-refractivity contribution in [2.45, 2.75) is 32.1 Å². The molecule has 0 aromatic rings. The first-order chi connectivity index (χ1) is 9.35. The van der Waals surface area contributed by atoms with E-state index in [0.29, 0.717) is 6.54 Å². The Labute approximate surface area is 123 Å². The highest BCUT2D eigenvalue weighted by atomic mass is 28.4. The molecule has 0 saturated heterocycles. The largest absolute Gasteiger partial charge is 0.461 e. The minimum absolute atomic E-state index is 0.0369. The van der Waals surface area contributed by atoms with Crippen molar-refractivity contribution in [1.82, 2.24) is 5.32 Å². The van der Waals surface area contributed by atoms with Crippen molar-refractivity contribution >= 4 is 30.1 Å². The van der Waals surface area contributed by atoms with Crippen molar-refractivity contribution in [1.29, 1.82) is 0 Å². The van der Waals surface area contributed by atoms with Gasteiger partial charge in [-0.05, 0) is 32.1 Å². The topological polar surface area (TPSA) is 73.9 Å². The fraction of sp³-hybridized carbons (Fsp3) is 0.667. The summed E-state index contributed by atoms with van der Waals surface area (Å²) < 4.78 is 15.3. The number of amides is 1. The van der Waals surface area contributed by atoms with Gasteiger partial charge in [0.2, 0.25) is 0 Å². The van der Waals surface area contributed by atoms with Gasteiger partial charge in [0.1, 0.15) is 23.0 Å². The molecule has 8 heteroatoms. The lowest BCUT2D eigenvalue weighted by Crippen LogP contribution is -2.29. The van der Waals surface area contributed by atoms with Gasteiger partial charge >= 0.3 is 12.1 Å². The minimum Gasteiger partial charge on any atom is -0.461 e.